The normalized spacial score (nSPS) is 29.9. The maximum absolute atomic E-state index is 14.3. The lowest BCUT2D eigenvalue weighted by Gasteiger charge is -2.64. The smallest absolute Gasteiger partial charge is 0.404 e. The molecule has 0 radical (unpaired) electrons. The quantitative estimate of drug-likeness (QED) is 0.323. The molecular weight excluding hydrogens is 583 g/mol. The summed E-state index contributed by atoms with van der Waals surface area (Å²) in [6.45, 7) is 11.4. The topological polar surface area (TPSA) is 129 Å². The zero-order valence-electron chi connectivity index (χ0n) is 27.2. The van der Waals surface area contributed by atoms with Crippen LogP contribution in [0, 0.1) is 23.2 Å². The van der Waals surface area contributed by atoms with E-state index in [2.05, 4.69) is 60.5 Å². The van der Waals surface area contributed by atoms with E-state index in [1.807, 2.05) is 30.3 Å². The standard InChI is InChI=1S/C34H43BN6O5/c1-21(2)15-28(35-44-27-17-23-16-26(32(23,3)4)33(27,5)45-35)39-31(43)34(20-41-14-8-12-38-41)18-24(40-46-34)19-37-30(42)29-25-10-7-6-9-22(25)11-13-36-29/h6-14,21,23,26-28H,15-20H2,1-5H3,(H,37,42)(H,39,43)/t23-,26-,27+,28-,33-,34?/m0/s1. The van der Waals surface area contributed by atoms with Crippen molar-refractivity contribution in [3.05, 3.63) is 60.7 Å². The monoisotopic (exact) mass is 626 g/mol. The molecule has 2 aliphatic heterocycles. The molecule has 2 aromatic heterocycles. The van der Waals surface area contributed by atoms with E-state index in [-0.39, 0.29) is 60.3 Å². The van der Waals surface area contributed by atoms with Gasteiger partial charge >= 0.3 is 7.12 Å². The van der Waals surface area contributed by atoms with Crippen molar-refractivity contribution in [2.24, 2.45) is 28.3 Å². The molecule has 2 amide bonds. The van der Waals surface area contributed by atoms with E-state index in [1.54, 1.807) is 29.3 Å². The van der Waals surface area contributed by atoms with Crippen molar-refractivity contribution in [1.29, 1.82) is 0 Å². The first-order valence-electron chi connectivity index (χ1n) is 16.5. The minimum absolute atomic E-state index is 0.0105. The van der Waals surface area contributed by atoms with Gasteiger partial charge in [0.1, 0.15) is 5.69 Å². The van der Waals surface area contributed by atoms with E-state index < -0.39 is 12.7 Å². The van der Waals surface area contributed by atoms with Gasteiger partial charge in [-0.05, 0) is 66.9 Å². The minimum Gasteiger partial charge on any atom is -0.404 e. The zero-order chi connectivity index (χ0) is 32.3. The maximum Gasteiger partial charge on any atom is 0.481 e. The van der Waals surface area contributed by atoms with Gasteiger partial charge in [0.15, 0.2) is 0 Å². The van der Waals surface area contributed by atoms with Crippen molar-refractivity contribution in [2.75, 3.05) is 6.54 Å². The number of fused-ring (bicyclic) bond motifs is 1. The van der Waals surface area contributed by atoms with Gasteiger partial charge in [0.05, 0.1) is 36.4 Å². The van der Waals surface area contributed by atoms with Gasteiger partial charge < -0.3 is 24.8 Å². The number of benzene rings is 1. The molecule has 11 nitrogen and oxygen atoms in total. The van der Waals surface area contributed by atoms with Crippen LogP contribution in [0.3, 0.4) is 0 Å². The molecule has 242 valence electrons. The van der Waals surface area contributed by atoms with E-state index in [0.29, 0.717) is 29.7 Å². The van der Waals surface area contributed by atoms with Crippen LogP contribution in [-0.4, -0.2) is 69.2 Å². The van der Waals surface area contributed by atoms with Crippen LogP contribution in [-0.2, 0) is 25.5 Å². The van der Waals surface area contributed by atoms with Crippen LogP contribution >= 0.6 is 0 Å². The third kappa shape index (κ3) is 5.29. The number of nitrogens with zero attached hydrogens (tertiary/aromatic N) is 4. The molecule has 4 heterocycles. The Hall–Kier alpha value is -3.77. The fourth-order valence-electron chi connectivity index (χ4n) is 8.26. The summed E-state index contributed by atoms with van der Waals surface area (Å²) in [5, 5.41) is 16.5. The predicted molar refractivity (Wildman–Crippen MR) is 174 cm³/mol. The van der Waals surface area contributed by atoms with E-state index in [0.717, 1.165) is 23.6 Å². The van der Waals surface area contributed by atoms with Crippen molar-refractivity contribution < 1.29 is 23.7 Å². The Kier molecular flexibility index (Phi) is 7.71. The number of pyridine rings is 1. The second kappa shape index (κ2) is 11.5. The minimum atomic E-state index is -1.36. The van der Waals surface area contributed by atoms with Crippen LogP contribution in [0.1, 0.15) is 70.8 Å². The van der Waals surface area contributed by atoms with Gasteiger partial charge in [-0.3, -0.25) is 19.3 Å². The molecule has 2 N–H and O–H groups in total. The molecule has 0 spiro atoms. The highest BCUT2D eigenvalue weighted by atomic mass is 16.7. The fraction of sp³-hybridized carbons (Fsp3) is 0.559. The number of oxime groups is 1. The summed E-state index contributed by atoms with van der Waals surface area (Å²) in [7, 11) is -0.562. The first-order valence-corrected chi connectivity index (χ1v) is 16.5. The summed E-state index contributed by atoms with van der Waals surface area (Å²) in [5.41, 5.74) is -0.643. The number of aromatic nitrogens is 3. The number of amides is 2. The summed E-state index contributed by atoms with van der Waals surface area (Å²) in [5.74, 6) is 0.323. The van der Waals surface area contributed by atoms with Gasteiger partial charge in [-0.15, -0.1) is 0 Å². The molecule has 6 atom stereocenters. The van der Waals surface area contributed by atoms with Crippen molar-refractivity contribution in [1.82, 2.24) is 25.4 Å². The van der Waals surface area contributed by atoms with Crippen LogP contribution in [0.25, 0.3) is 10.8 Å². The fourth-order valence-corrected chi connectivity index (χ4v) is 8.26. The van der Waals surface area contributed by atoms with Crippen molar-refractivity contribution in [3.63, 3.8) is 0 Å². The van der Waals surface area contributed by atoms with Crippen LogP contribution in [0.15, 0.2) is 60.1 Å². The average molecular weight is 627 g/mol. The van der Waals surface area contributed by atoms with Gasteiger partial charge in [0.2, 0.25) is 5.60 Å². The van der Waals surface area contributed by atoms with Gasteiger partial charge in [-0.2, -0.15) is 5.10 Å². The summed E-state index contributed by atoms with van der Waals surface area (Å²) in [4.78, 5) is 37.8. The summed E-state index contributed by atoms with van der Waals surface area (Å²) < 4.78 is 15.1. The second-order valence-corrected chi connectivity index (χ2v) is 14.7. The third-order valence-electron chi connectivity index (χ3n) is 10.9. The Morgan fingerprint density at radius 1 is 1.11 bits per heavy atom. The number of nitrogens with one attached hydrogen (secondary N) is 2. The summed E-state index contributed by atoms with van der Waals surface area (Å²) in [6, 6.07) is 11.3. The lowest BCUT2D eigenvalue weighted by Crippen LogP contribution is -2.65. The second-order valence-electron chi connectivity index (χ2n) is 14.7. The first kappa shape index (κ1) is 30.9. The van der Waals surface area contributed by atoms with E-state index in [1.165, 1.54) is 0 Å². The van der Waals surface area contributed by atoms with Gasteiger partial charge in [-0.25, -0.2) is 0 Å². The van der Waals surface area contributed by atoms with Crippen molar-refractivity contribution >= 4 is 35.4 Å². The predicted octanol–water partition coefficient (Wildman–Crippen LogP) is 4.17. The molecule has 12 heteroatoms. The number of hydrogen-bond acceptors (Lipinski definition) is 8. The summed E-state index contributed by atoms with van der Waals surface area (Å²) >= 11 is 0. The van der Waals surface area contributed by atoms with Gasteiger partial charge in [-0.1, -0.05) is 57.1 Å². The summed E-state index contributed by atoms with van der Waals surface area (Å²) in [6.07, 6.45) is 8.08. The van der Waals surface area contributed by atoms with Crippen LogP contribution < -0.4 is 10.6 Å². The molecular formula is C34H43BN6O5. The molecule has 1 saturated heterocycles. The molecule has 1 aromatic carbocycles. The molecule has 3 aromatic rings. The molecule has 1 unspecified atom stereocenters. The highest BCUT2D eigenvalue weighted by Crippen LogP contribution is 2.65. The van der Waals surface area contributed by atoms with Crippen LogP contribution in [0.4, 0.5) is 0 Å². The molecule has 4 fully saturated rings. The van der Waals surface area contributed by atoms with Crippen molar-refractivity contribution in [3.8, 4) is 0 Å². The SMILES string of the molecule is CC(C)C[C@H](NC(=O)C1(Cn2cccn2)CC(CNC(=O)c2nccc3ccccc23)=NO1)B1O[C@@H]2C[C@@H]3C[C@@H](C3(C)C)[C@]2(C)O1. The molecule has 5 aliphatic rings. The number of carbonyl (C=O) groups is 2. The Bertz CT molecular complexity index is 1660. The lowest BCUT2D eigenvalue weighted by atomic mass is 9.43. The molecule has 3 saturated carbocycles. The Balaban J connectivity index is 1.07. The number of carbonyl (C=O) groups excluding carboxylic acids is 2. The molecule has 3 aliphatic carbocycles. The van der Waals surface area contributed by atoms with Gasteiger partial charge in [0, 0.05) is 30.4 Å². The van der Waals surface area contributed by atoms with E-state index in [4.69, 9.17) is 14.1 Å². The zero-order valence-corrected chi connectivity index (χ0v) is 27.2. The molecule has 46 heavy (non-hydrogen) atoms. The first-order chi connectivity index (χ1) is 22.0. The molecule has 8 rings (SSSR count). The Morgan fingerprint density at radius 3 is 2.70 bits per heavy atom. The Morgan fingerprint density at radius 2 is 1.93 bits per heavy atom. The highest BCUT2D eigenvalue weighted by Gasteiger charge is 2.68. The largest absolute Gasteiger partial charge is 0.481 e. The van der Waals surface area contributed by atoms with Crippen LogP contribution in [0.2, 0.25) is 0 Å². The van der Waals surface area contributed by atoms with Crippen LogP contribution in [0.5, 0.6) is 0 Å². The highest BCUT2D eigenvalue weighted by molar-refractivity contribution is 6.48. The van der Waals surface area contributed by atoms with Gasteiger partial charge in [0.25, 0.3) is 11.8 Å². The van der Waals surface area contributed by atoms with Crippen molar-refractivity contribution in [2.45, 2.75) is 90.1 Å². The molecule has 2 bridgehead atoms. The Labute approximate surface area is 270 Å². The van der Waals surface area contributed by atoms with E-state index >= 15 is 0 Å². The third-order valence-corrected chi connectivity index (χ3v) is 10.9. The van der Waals surface area contributed by atoms with E-state index in [9.17, 15) is 9.59 Å². The average Bonchev–Trinajstić information content (AvgIpc) is 3.78. The lowest BCUT2D eigenvalue weighted by molar-refractivity contribution is -0.199. The number of rotatable bonds is 10. The number of hydrogen-bond donors (Lipinski definition) is 2. The maximum atomic E-state index is 14.3.